The van der Waals surface area contributed by atoms with Crippen LogP contribution < -0.4 is 0 Å². The smallest absolute Gasteiger partial charge is 0.335 e. The van der Waals surface area contributed by atoms with E-state index in [2.05, 4.69) is 27.0 Å². The molecule has 0 spiro atoms. The fourth-order valence-corrected chi connectivity index (χ4v) is 6.88. The number of hydrogen-bond donors (Lipinski definition) is 2. The van der Waals surface area contributed by atoms with E-state index >= 15 is 0 Å². The maximum absolute atomic E-state index is 11.6. The molecule has 9 heteroatoms. The van der Waals surface area contributed by atoms with Crippen LogP contribution in [0.1, 0.15) is 84.5 Å². The number of hydrogen-bond acceptors (Lipinski definition) is 5. The molecule has 0 amide bonds. The Hall–Kier alpha value is -3.31. The van der Waals surface area contributed by atoms with E-state index in [0.717, 1.165) is 79.2 Å². The van der Waals surface area contributed by atoms with Gasteiger partial charge in [-0.2, -0.15) is 0 Å². The summed E-state index contributed by atoms with van der Waals surface area (Å²) in [6.07, 6.45) is 12.7. The number of H-pyrrole nitrogens is 1. The minimum absolute atomic E-state index is 0.0768. The van der Waals surface area contributed by atoms with Gasteiger partial charge in [0.15, 0.2) is 0 Å². The number of benzene rings is 1. The minimum Gasteiger partial charge on any atom is -0.478 e. The number of carboxylic acids is 1. The molecule has 0 saturated heterocycles. The van der Waals surface area contributed by atoms with Crippen LogP contribution in [-0.2, 0) is 11.3 Å². The molecule has 0 unspecified atom stereocenters. The standard InChI is InChI=1S/C31H27Cl2N3O4/c32-23-15-34-16-24(33)26(23)27-22(28(40-36-27)18-1-2-18)17-39-31-9-6-30(7-10-31,8-11-31)5-3-19-13-20(29(37)38)14-25-21(19)4-12-35-25/h4,12-16,18,35H,1-2,6-11,17H2,(H,37,38). The number of aromatic carboxylic acids is 1. The Morgan fingerprint density at radius 3 is 2.52 bits per heavy atom. The van der Waals surface area contributed by atoms with E-state index in [1.807, 2.05) is 12.3 Å². The topological polar surface area (TPSA) is 101 Å². The van der Waals surface area contributed by atoms with Gasteiger partial charge in [-0.25, -0.2) is 4.79 Å². The maximum Gasteiger partial charge on any atom is 0.335 e. The molecule has 4 aromatic rings. The van der Waals surface area contributed by atoms with E-state index in [0.29, 0.717) is 33.8 Å². The van der Waals surface area contributed by atoms with Gasteiger partial charge < -0.3 is 19.4 Å². The summed E-state index contributed by atoms with van der Waals surface area (Å²) in [5.41, 5.74) is 3.71. The number of carboxylic acid groups (broad SMARTS) is 1. The van der Waals surface area contributed by atoms with Gasteiger partial charge in [-0.05, 0) is 69.6 Å². The maximum atomic E-state index is 11.6. The van der Waals surface area contributed by atoms with Crippen molar-refractivity contribution in [3.63, 3.8) is 0 Å². The lowest BCUT2D eigenvalue weighted by Gasteiger charge is -2.51. The van der Waals surface area contributed by atoms with Crippen molar-refractivity contribution in [2.24, 2.45) is 5.41 Å². The highest BCUT2D eigenvalue weighted by Gasteiger charge is 2.49. The second-order valence-electron chi connectivity index (χ2n) is 11.4. The van der Waals surface area contributed by atoms with Crippen LogP contribution in [0.25, 0.3) is 22.2 Å². The highest BCUT2D eigenvalue weighted by atomic mass is 35.5. The first-order valence-electron chi connectivity index (χ1n) is 13.6. The van der Waals surface area contributed by atoms with Crippen LogP contribution in [0, 0.1) is 17.3 Å². The first-order chi connectivity index (χ1) is 19.4. The first-order valence-corrected chi connectivity index (χ1v) is 14.4. The summed E-state index contributed by atoms with van der Waals surface area (Å²) in [5, 5.41) is 15.7. The number of nitrogens with one attached hydrogen (secondary N) is 1. The Kier molecular flexibility index (Phi) is 6.19. The Balaban J connectivity index is 1.11. The Morgan fingerprint density at radius 2 is 1.85 bits per heavy atom. The summed E-state index contributed by atoms with van der Waals surface area (Å²) in [6.45, 7) is 0.395. The van der Waals surface area contributed by atoms with Crippen molar-refractivity contribution < 1.29 is 19.2 Å². The van der Waals surface area contributed by atoms with Gasteiger partial charge in [-0.1, -0.05) is 40.2 Å². The van der Waals surface area contributed by atoms with Crippen LogP contribution in [0.5, 0.6) is 0 Å². The Bertz CT molecular complexity index is 1660. The second-order valence-corrected chi connectivity index (χ2v) is 12.2. The lowest BCUT2D eigenvalue weighted by Crippen LogP contribution is -2.47. The summed E-state index contributed by atoms with van der Waals surface area (Å²) in [4.78, 5) is 18.8. The highest BCUT2D eigenvalue weighted by molar-refractivity contribution is 6.38. The molecule has 4 fully saturated rings. The monoisotopic (exact) mass is 575 g/mol. The summed E-state index contributed by atoms with van der Waals surface area (Å²) in [6, 6.07) is 5.28. The molecule has 4 saturated carbocycles. The number of pyridine rings is 1. The molecule has 0 aliphatic heterocycles. The van der Waals surface area contributed by atoms with Crippen LogP contribution in [-0.4, -0.2) is 31.8 Å². The molecule has 40 heavy (non-hydrogen) atoms. The van der Waals surface area contributed by atoms with Crippen LogP contribution in [0.15, 0.2) is 41.3 Å². The largest absolute Gasteiger partial charge is 0.478 e. The van der Waals surface area contributed by atoms with Gasteiger partial charge in [0.25, 0.3) is 0 Å². The summed E-state index contributed by atoms with van der Waals surface area (Å²) < 4.78 is 12.6. The fourth-order valence-electron chi connectivity index (χ4n) is 6.34. The Labute approximate surface area is 241 Å². The molecule has 2 N–H and O–H groups in total. The van der Waals surface area contributed by atoms with Crippen molar-refractivity contribution in [1.29, 1.82) is 0 Å². The van der Waals surface area contributed by atoms with Gasteiger partial charge in [-0.3, -0.25) is 4.98 Å². The van der Waals surface area contributed by atoms with Crippen molar-refractivity contribution in [3.8, 4) is 23.1 Å². The summed E-state index contributed by atoms with van der Waals surface area (Å²) in [5.74, 6) is 7.22. The van der Waals surface area contributed by atoms with Gasteiger partial charge in [0, 0.05) is 57.5 Å². The lowest BCUT2D eigenvalue weighted by atomic mass is 9.59. The van der Waals surface area contributed by atoms with Crippen LogP contribution in [0.2, 0.25) is 10.0 Å². The molecular weight excluding hydrogens is 549 g/mol. The normalized spacial score (nSPS) is 23.8. The van der Waals surface area contributed by atoms with Gasteiger partial charge in [0.2, 0.25) is 0 Å². The van der Waals surface area contributed by atoms with Crippen molar-refractivity contribution in [2.45, 2.75) is 69.5 Å². The van der Waals surface area contributed by atoms with Gasteiger partial charge in [-0.15, -0.1) is 0 Å². The SMILES string of the molecule is O=C(O)c1cc(C#CC23CCC(OCc4c(-c5c(Cl)cncc5Cl)noc4C4CC4)(CC2)CC3)c2cc[nH]c2c1. The number of aromatic amines is 1. The quantitative estimate of drug-likeness (QED) is 0.228. The zero-order valence-electron chi connectivity index (χ0n) is 21.7. The predicted octanol–water partition coefficient (Wildman–Crippen LogP) is 7.76. The van der Waals surface area contributed by atoms with Crippen molar-refractivity contribution >= 4 is 40.1 Å². The molecule has 8 rings (SSSR count). The van der Waals surface area contributed by atoms with Crippen LogP contribution in [0.3, 0.4) is 0 Å². The van der Waals surface area contributed by atoms with E-state index in [4.69, 9.17) is 32.5 Å². The van der Waals surface area contributed by atoms with Crippen molar-refractivity contribution in [1.82, 2.24) is 15.1 Å². The van der Waals surface area contributed by atoms with E-state index in [9.17, 15) is 9.90 Å². The van der Waals surface area contributed by atoms with E-state index in [1.54, 1.807) is 24.5 Å². The molecule has 0 radical (unpaired) electrons. The number of halogens is 2. The number of fused-ring (bicyclic) bond motifs is 4. The highest BCUT2D eigenvalue weighted by Crippen LogP contribution is 2.54. The third-order valence-electron chi connectivity index (χ3n) is 8.94. The third-order valence-corrected chi connectivity index (χ3v) is 9.51. The van der Waals surface area contributed by atoms with Gasteiger partial charge >= 0.3 is 5.97 Å². The molecule has 3 aromatic heterocycles. The number of nitrogens with zero attached hydrogens (tertiary/aromatic N) is 2. The summed E-state index contributed by atoms with van der Waals surface area (Å²) >= 11 is 13.0. The third kappa shape index (κ3) is 4.49. The summed E-state index contributed by atoms with van der Waals surface area (Å²) in [7, 11) is 0. The second kappa shape index (κ2) is 9.66. The van der Waals surface area contributed by atoms with Crippen LogP contribution >= 0.6 is 23.2 Å². The molecule has 4 aliphatic carbocycles. The average Bonchev–Trinajstić information content (AvgIpc) is 3.54. The van der Waals surface area contributed by atoms with E-state index in [-0.39, 0.29) is 16.6 Å². The number of carbonyl (C=O) groups is 1. The van der Waals surface area contributed by atoms with Crippen LogP contribution in [0.4, 0.5) is 0 Å². The zero-order chi connectivity index (χ0) is 27.5. The minimum atomic E-state index is -0.954. The number of rotatable bonds is 6. The number of aromatic nitrogens is 3. The van der Waals surface area contributed by atoms with E-state index < -0.39 is 5.97 Å². The molecule has 2 bridgehead atoms. The Morgan fingerprint density at radius 1 is 1.12 bits per heavy atom. The van der Waals surface area contributed by atoms with Gasteiger partial charge in [0.1, 0.15) is 11.5 Å². The molecule has 4 aliphatic rings. The lowest BCUT2D eigenvalue weighted by molar-refractivity contribution is -0.131. The van der Waals surface area contributed by atoms with Crippen molar-refractivity contribution in [2.75, 3.05) is 0 Å². The van der Waals surface area contributed by atoms with Crippen molar-refractivity contribution in [3.05, 3.63) is 69.3 Å². The zero-order valence-corrected chi connectivity index (χ0v) is 23.2. The molecule has 0 atom stereocenters. The van der Waals surface area contributed by atoms with Gasteiger partial charge in [0.05, 0.1) is 27.8 Å². The van der Waals surface area contributed by atoms with E-state index in [1.165, 1.54) is 0 Å². The predicted molar refractivity (Wildman–Crippen MR) is 152 cm³/mol. The molecule has 3 heterocycles. The molecule has 204 valence electrons. The molecule has 1 aromatic carbocycles. The number of ether oxygens (including phenoxy) is 1. The molecular formula is C31H27Cl2N3O4. The average molecular weight is 576 g/mol. The first kappa shape index (κ1) is 25.6. The fraction of sp³-hybridized carbons (Fsp3) is 0.387. The molecule has 7 nitrogen and oxygen atoms in total.